The maximum atomic E-state index is 6.32. The van der Waals surface area contributed by atoms with E-state index in [1.54, 1.807) is 7.11 Å². The van der Waals surface area contributed by atoms with Crippen LogP contribution in [0.4, 0.5) is 0 Å². The number of ether oxygens (including phenoxy) is 1. The van der Waals surface area contributed by atoms with E-state index < -0.39 is 0 Å². The predicted molar refractivity (Wildman–Crippen MR) is 90.8 cm³/mol. The number of nitrogens with zero attached hydrogens (tertiary/aromatic N) is 3. The molecule has 0 spiro atoms. The first-order valence-corrected chi connectivity index (χ1v) is 8.39. The molecule has 0 saturated carbocycles. The summed E-state index contributed by atoms with van der Waals surface area (Å²) < 4.78 is 7.67. The molecule has 6 heteroatoms. The lowest BCUT2D eigenvalue weighted by Gasteiger charge is -2.28. The van der Waals surface area contributed by atoms with Crippen LogP contribution in [0.15, 0.2) is 18.2 Å². The maximum absolute atomic E-state index is 6.32. The average Bonchev–Trinajstić information content (AvgIpc) is 2.98. The Morgan fingerprint density at radius 3 is 2.91 bits per heavy atom. The molecule has 2 aromatic rings. The summed E-state index contributed by atoms with van der Waals surface area (Å²) in [4.78, 5) is 0. The molecule has 0 radical (unpaired) electrons. The number of aromatic nitrogens is 3. The van der Waals surface area contributed by atoms with Crippen LogP contribution in [-0.4, -0.2) is 21.9 Å². The Morgan fingerprint density at radius 1 is 1.30 bits per heavy atom. The molecule has 124 valence electrons. The standard InChI is InChI=1S/C17H23ClN4O/c1-17(2,16-21-20-15-9-4-5-10-22(15)16)19-11-12-13(18)7-6-8-14(12)23-3/h6-8,19H,4-5,9-11H2,1-3H3. The molecular formula is C17H23ClN4O. The molecule has 1 aliphatic rings. The highest BCUT2D eigenvalue weighted by atomic mass is 35.5. The Bertz CT molecular complexity index is 696. The molecule has 0 saturated heterocycles. The predicted octanol–water partition coefficient (Wildman–Crippen LogP) is 3.30. The van der Waals surface area contributed by atoms with Gasteiger partial charge in [-0.25, -0.2) is 0 Å². The number of fused-ring (bicyclic) bond motifs is 1. The van der Waals surface area contributed by atoms with Crippen molar-refractivity contribution < 1.29 is 4.74 Å². The summed E-state index contributed by atoms with van der Waals surface area (Å²) in [5.41, 5.74) is 0.662. The van der Waals surface area contributed by atoms with Gasteiger partial charge < -0.3 is 14.6 Å². The summed E-state index contributed by atoms with van der Waals surface area (Å²) in [5.74, 6) is 2.87. The van der Waals surface area contributed by atoms with Gasteiger partial charge in [0.25, 0.3) is 0 Å². The molecule has 5 nitrogen and oxygen atoms in total. The number of benzene rings is 1. The number of halogens is 1. The Balaban J connectivity index is 1.81. The summed E-state index contributed by atoms with van der Waals surface area (Å²) in [6.45, 7) is 5.86. The van der Waals surface area contributed by atoms with Gasteiger partial charge in [0, 0.05) is 30.1 Å². The molecule has 2 heterocycles. The average molecular weight is 335 g/mol. The van der Waals surface area contributed by atoms with E-state index in [-0.39, 0.29) is 5.54 Å². The van der Waals surface area contributed by atoms with E-state index in [0.29, 0.717) is 11.6 Å². The van der Waals surface area contributed by atoms with E-state index in [0.717, 1.165) is 35.9 Å². The van der Waals surface area contributed by atoms with Crippen LogP contribution in [0.2, 0.25) is 5.02 Å². The zero-order valence-corrected chi connectivity index (χ0v) is 14.7. The highest BCUT2D eigenvalue weighted by Gasteiger charge is 2.29. The van der Waals surface area contributed by atoms with Gasteiger partial charge in [-0.2, -0.15) is 0 Å². The Morgan fingerprint density at radius 2 is 2.13 bits per heavy atom. The highest BCUT2D eigenvalue weighted by Crippen LogP contribution is 2.28. The molecule has 1 aromatic carbocycles. The van der Waals surface area contributed by atoms with Gasteiger partial charge in [-0.1, -0.05) is 17.7 Å². The van der Waals surface area contributed by atoms with Crippen LogP contribution in [0.3, 0.4) is 0 Å². The van der Waals surface area contributed by atoms with Gasteiger partial charge in [0.15, 0.2) is 5.82 Å². The monoisotopic (exact) mass is 334 g/mol. The molecule has 0 unspecified atom stereocenters. The zero-order chi connectivity index (χ0) is 16.4. The van der Waals surface area contributed by atoms with Crippen molar-refractivity contribution in [3.05, 3.63) is 40.4 Å². The fraction of sp³-hybridized carbons (Fsp3) is 0.529. The van der Waals surface area contributed by atoms with E-state index in [1.807, 2.05) is 18.2 Å². The topological polar surface area (TPSA) is 52.0 Å². The number of methoxy groups -OCH3 is 1. The molecule has 0 atom stereocenters. The quantitative estimate of drug-likeness (QED) is 0.911. The lowest BCUT2D eigenvalue weighted by Crippen LogP contribution is -2.39. The first kappa shape index (κ1) is 16.3. The van der Waals surface area contributed by atoms with Gasteiger partial charge in [-0.15, -0.1) is 10.2 Å². The van der Waals surface area contributed by atoms with E-state index in [1.165, 1.54) is 12.8 Å². The third-order valence-corrected chi connectivity index (χ3v) is 4.78. The van der Waals surface area contributed by atoms with Gasteiger partial charge in [0.1, 0.15) is 11.6 Å². The zero-order valence-electron chi connectivity index (χ0n) is 13.9. The van der Waals surface area contributed by atoms with Crippen molar-refractivity contribution in [3.8, 4) is 5.75 Å². The number of rotatable bonds is 5. The van der Waals surface area contributed by atoms with Crippen molar-refractivity contribution in [3.63, 3.8) is 0 Å². The molecule has 0 amide bonds. The number of aryl methyl sites for hydroxylation is 1. The molecule has 23 heavy (non-hydrogen) atoms. The van der Waals surface area contributed by atoms with Gasteiger partial charge in [-0.3, -0.25) is 0 Å². The van der Waals surface area contributed by atoms with Crippen molar-refractivity contribution in [1.29, 1.82) is 0 Å². The summed E-state index contributed by atoms with van der Waals surface area (Å²) >= 11 is 6.32. The SMILES string of the molecule is COc1cccc(Cl)c1CNC(C)(C)c1nnc2n1CCCC2. The second-order valence-electron chi connectivity index (χ2n) is 6.45. The van der Waals surface area contributed by atoms with Crippen LogP contribution in [0.1, 0.15) is 43.9 Å². The van der Waals surface area contributed by atoms with E-state index in [4.69, 9.17) is 16.3 Å². The van der Waals surface area contributed by atoms with E-state index in [9.17, 15) is 0 Å². The molecule has 0 bridgehead atoms. The summed E-state index contributed by atoms with van der Waals surface area (Å²) in [5, 5.41) is 13.0. The summed E-state index contributed by atoms with van der Waals surface area (Å²) in [7, 11) is 1.66. The van der Waals surface area contributed by atoms with Crippen molar-refractivity contribution >= 4 is 11.6 Å². The lowest BCUT2D eigenvalue weighted by molar-refractivity contribution is 0.345. The molecular weight excluding hydrogens is 312 g/mol. The Hall–Kier alpha value is -1.59. The van der Waals surface area contributed by atoms with Crippen LogP contribution < -0.4 is 10.1 Å². The first-order chi connectivity index (χ1) is 11.0. The van der Waals surface area contributed by atoms with Crippen molar-refractivity contribution in [2.24, 2.45) is 0 Å². The fourth-order valence-electron chi connectivity index (χ4n) is 3.06. The second kappa shape index (κ2) is 6.49. The van der Waals surface area contributed by atoms with Gasteiger partial charge in [-0.05, 0) is 38.8 Å². The number of hydrogen-bond acceptors (Lipinski definition) is 4. The maximum Gasteiger partial charge on any atom is 0.152 e. The largest absolute Gasteiger partial charge is 0.496 e. The third-order valence-electron chi connectivity index (χ3n) is 4.42. The molecule has 0 aliphatic carbocycles. The van der Waals surface area contributed by atoms with E-state index in [2.05, 4.69) is 33.9 Å². The van der Waals surface area contributed by atoms with Crippen LogP contribution in [0.25, 0.3) is 0 Å². The Labute approximate surface area is 142 Å². The van der Waals surface area contributed by atoms with Crippen molar-refractivity contribution in [2.75, 3.05) is 7.11 Å². The molecule has 0 fully saturated rings. The molecule has 1 aromatic heterocycles. The lowest BCUT2D eigenvalue weighted by atomic mass is 10.0. The molecule has 1 N–H and O–H groups in total. The minimum atomic E-state index is -0.299. The number of nitrogens with one attached hydrogen (secondary N) is 1. The van der Waals surface area contributed by atoms with Crippen LogP contribution in [0, 0.1) is 0 Å². The number of hydrogen-bond donors (Lipinski definition) is 1. The van der Waals surface area contributed by atoms with E-state index >= 15 is 0 Å². The minimum absolute atomic E-state index is 0.299. The van der Waals surface area contributed by atoms with Crippen LogP contribution >= 0.6 is 11.6 Å². The van der Waals surface area contributed by atoms with Crippen LogP contribution in [-0.2, 0) is 25.0 Å². The molecule has 1 aliphatic heterocycles. The molecule has 3 rings (SSSR count). The smallest absolute Gasteiger partial charge is 0.152 e. The fourth-order valence-corrected chi connectivity index (χ4v) is 3.29. The van der Waals surface area contributed by atoms with Crippen molar-refractivity contribution in [1.82, 2.24) is 20.1 Å². The second-order valence-corrected chi connectivity index (χ2v) is 6.85. The summed E-state index contributed by atoms with van der Waals surface area (Å²) in [6.07, 6.45) is 3.40. The third kappa shape index (κ3) is 3.21. The van der Waals surface area contributed by atoms with Crippen molar-refractivity contribution in [2.45, 2.75) is 51.7 Å². The minimum Gasteiger partial charge on any atom is -0.496 e. The Kier molecular flexibility index (Phi) is 4.60. The van der Waals surface area contributed by atoms with Crippen LogP contribution in [0.5, 0.6) is 5.75 Å². The summed E-state index contributed by atoms with van der Waals surface area (Å²) in [6, 6.07) is 5.70. The van der Waals surface area contributed by atoms with Gasteiger partial charge >= 0.3 is 0 Å². The highest BCUT2D eigenvalue weighted by molar-refractivity contribution is 6.31. The van der Waals surface area contributed by atoms with Gasteiger partial charge in [0.05, 0.1) is 12.6 Å². The normalized spacial score (nSPS) is 14.6. The van der Waals surface area contributed by atoms with Gasteiger partial charge in [0.2, 0.25) is 0 Å². The first-order valence-electron chi connectivity index (χ1n) is 8.02.